The third-order valence-corrected chi connectivity index (χ3v) is 7.34. The zero-order valence-corrected chi connectivity index (χ0v) is 21.9. The molecule has 1 unspecified atom stereocenters. The Balaban J connectivity index is 1.36. The zero-order chi connectivity index (χ0) is 24.4. The number of hydrogen-bond acceptors (Lipinski definition) is 2. The van der Waals surface area contributed by atoms with Gasteiger partial charge in [0.05, 0.1) is 37.4 Å². The van der Waals surface area contributed by atoms with Crippen molar-refractivity contribution in [2.75, 3.05) is 6.54 Å². The van der Waals surface area contributed by atoms with E-state index < -0.39 is 0 Å². The third kappa shape index (κ3) is 10.3. The van der Waals surface area contributed by atoms with E-state index in [9.17, 15) is 0 Å². The van der Waals surface area contributed by atoms with Crippen molar-refractivity contribution in [3.05, 3.63) is 30.5 Å². The molecule has 0 N–H and O–H groups in total. The Kier molecular flexibility index (Phi) is 14.0. The number of rotatable bonds is 19. The fourth-order valence-corrected chi connectivity index (χ4v) is 5.00. The first-order valence-electron chi connectivity index (χ1n) is 13.7. The van der Waals surface area contributed by atoms with Gasteiger partial charge in [-0.3, -0.25) is 0 Å². The average molecular weight is 466 g/mol. The number of hydrogen-bond donors (Lipinski definition) is 0. The van der Waals surface area contributed by atoms with Gasteiger partial charge in [-0.1, -0.05) is 64.2 Å². The first-order valence-corrected chi connectivity index (χ1v) is 13.7. The maximum Gasteiger partial charge on any atom is 0.253 e. The molecule has 1 aliphatic heterocycles. The Morgan fingerprint density at radius 2 is 1.35 bits per heavy atom. The lowest BCUT2D eigenvalue weighted by Crippen LogP contribution is -2.35. The van der Waals surface area contributed by atoms with Crippen LogP contribution >= 0.6 is 0 Å². The van der Waals surface area contributed by atoms with Gasteiger partial charge in [0.15, 0.2) is 18.5 Å². The molecule has 0 fully saturated rings. The van der Waals surface area contributed by atoms with Gasteiger partial charge in [-0.2, -0.15) is 10.5 Å². The summed E-state index contributed by atoms with van der Waals surface area (Å²) in [5, 5.41) is 17.5. The standard InChI is InChI=1S/C29H47N5/c1-27-29(18-24-32(27)22-15-19-30)17-13-11-9-7-5-3-4-6-8-10-12-14-21-33-25-26-34(28(33)2)23-16-20-31/h18,24-26,29H,3-17,21-23H2,1-2H3/q+2. The highest BCUT2D eigenvalue weighted by molar-refractivity contribution is 5.82. The molecule has 0 saturated carbocycles. The van der Waals surface area contributed by atoms with Crippen LogP contribution in [-0.2, 0) is 13.1 Å². The molecule has 1 aromatic rings. The first kappa shape index (κ1) is 27.8. The Morgan fingerprint density at radius 1 is 0.794 bits per heavy atom. The van der Waals surface area contributed by atoms with Gasteiger partial charge in [0.25, 0.3) is 5.82 Å². The molecular formula is C29H47N5+2. The number of nitriles is 2. The summed E-state index contributed by atoms with van der Waals surface area (Å²) in [6.07, 6.45) is 27.5. The largest absolute Gasteiger partial charge is 0.253 e. The highest BCUT2D eigenvalue weighted by Crippen LogP contribution is 2.19. The normalized spacial score (nSPS) is 15.1. The molecule has 34 heavy (non-hydrogen) atoms. The Hall–Kier alpha value is -2.40. The summed E-state index contributed by atoms with van der Waals surface area (Å²) in [5.41, 5.74) is 1.43. The minimum atomic E-state index is 0.580. The molecule has 0 radical (unpaired) electrons. The number of imidazole rings is 1. The van der Waals surface area contributed by atoms with Crippen molar-refractivity contribution in [1.82, 2.24) is 4.57 Å². The van der Waals surface area contributed by atoms with Crippen molar-refractivity contribution >= 4 is 5.71 Å². The van der Waals surface area contributed by atoms with Gasteiger partial charge in [0.2, 0.25) is 0 Å². The molecule has 0 aromatic carbocycles. The molecule has 186 valence electrons. The topological polar surface area (TPSA) is 59.4 Å². The Bertz CT molecular complexity index is 849. The van der Waals surface area contributed by atoms with Crippen LogP contribution in [0.4, 0.5) is 0 Å². The van der Waals surface area contributed by atoms with Crippen LogP contribution in [0.25, 0.3) is 0 Å². The van der Waals surface area contributed by atoms with Crippen molar-refractivity contribution in [1.29, 1.82) is 10.5 Å². The van der Waals surface area contributed by atoms with Crippen LogP contribution in [0.2, 0.25) is 0 Å². The van der Waals surface area contributed by atoms with Crippen molar-refractivity contribution in [3.8, 4) is 12.1 Å². The molecule has 1 atom stereocenters. The Labute approximate surface area is 208 Å². The summed E-state index contributed by atoms with van der Waals surface area (Å²) in [6, 6.07) is 4.46. The summed E-state index contributed by atoms with van der Waals surface area (Å²) < 4.78 is 6.76. The van der Waals surface area contributed by atoms with Gasteiger partial charge >= 0.3 is 0 Å². The van der Waals surface area contributed by atoms with E-state index in [4.69, 9.17) is 10.5 Å². The van der Waals surface area contributed by atoms with E-state index in [0.29, 0.717) is 18.8 Å². The maximum absolute atomic E-state index is 8.76. The Morgan fingerprint density at radius 3 is 1.97 bits per heavy atom. The summed E-state index contributed by atoms with van der Waals surface area (Å²) in [5.74, 6) is 1.86. The molecule has 5 heteroatoms. The fraction of sp³-hybridized carbons (Fsp3) is 0.724. The van der Waals surface area contributed by atoms with E-state index in [0.717, 1.165) is 19.6 Å². The van der Waals surface area contributed by atoms with Crippen LogP contribution in [0, 0.1) is 35.5 Å². The molecule has 0 spiro atoms. The van der Waals surface area contributed by atoms with Gasteiger partial charge in [-0.05, 0) is 25.3 Å². The molecule has 0 bridgehead atoms. The second-order valence-electron chi connectivity index (χ2n) is 9.86. The molecule has 2 rings (SSSR count). The molecule has 2 heterocycles. The number of unbranched alkanes of at least 4 members (excludes halogenated alkanes) is 11. The quantitative estimate of drug-likeness (QED) is 0.171. The van der Waals surface area contributed by atoms with E-state index in [1.807, 2.05) is 0 Å². The molecule has 1 aromatic heterocycles. The zero-order valence-electron chi connectivity index (χ0n) is 21.9. The van der Waals surface area contributed by atoms with E-state index in [1.54, 1.807) is 0 Å². The number of allylic oxidation sites excluding steroid dienone is 1. The second-order valence-corrected chi connectivity index (χ2v) is 9.86. The molecule has 0 saturated heterocycles. The van der Waals surface area contributed by atoms with Crippen LogP contribution in [0.5, 0.6) is 0 Å². The molecule has 5 nitrogen and oxygen atoms in total. The molecule has 1 aliphatic rings. The lowest BCUT2D eigenvalue weighted by molar-refractivity contribution is -0.701. The van der Waals surface area contributed by atoms with Gasteiger partial charge in [0, 0.05) is 13.8 Å². The first-order chi connectivity index (χ1) is 16.7. The van der Waals surface area contributed by atoms with Gasteiger partial charge in [-0.25, -0.2) is 13.7 Å². The average Bonchev–Trinajstić information content (AvgIpc) is 3.38. The monoisotopic (exact) mass is 465 g/mol. The number of nitrogens with zero attached hydrogens (tertiary/aromatic N) is 5. The number of aryl methyl sites for hydroxylation is 2. The minimum Gasteiger partial charge on any atom is -0.234 e. The van der Waals surface area contributed by atoms with Crippen LogP contribution in [-0.4, -0.2) is 21.4 Å². The molecular weight excluding hydrogens is 418 g/mol. The van der Waals surface area contributed by atoms with E-state index in [2.05, 4.69) is 64.4 Å². The van der Waals surface area contributed by atoms with E-state index in [1.165, 1.54) is 95.0 Å². The molecule has 0 amide bonds. The van der Waals surface area contributed by atoms with Gasteiger partial charge in [0.1, 0.15) is 18.9 Å². The van der Waals surface area contributed by atoms with Crippen molar-refractivity contribution in [3.63, 3.8) is 0 Å². The lowest BCUT2D eigenvalue weighted by atomic mass is 9.97. The van der Waals surface area contributed by atoms with E-state index >= 15 is 0 Å². The van der Waals surface area contributed by atoms with Gasteiger partial charge in [-0.15, -0.1) is 0 Å². The minimum absolute atomic E-state index is 0.580. The summed E-state index contributed by atoms with van der Waals surface area (Å²) in [6.45, 7) is 7.11. The lowest BCUT2D eigenvalue weighted by Gasteiger charge is -2.06. The van der Waals surface area contributed by atoms with Crippen LogP contribution < -0.4 is 4.57 Å². The molecule has 0 aliphatic carbocycles. The summed E-state index contributed by atoms with van der Waals surface area (Å²) in [4.78, 5) is 0. The van der Waals surface area contributed by atoms with E-state index in [-0.39, 0.29) is 0 Å². The predicted octanol–water partition coefficient (Wildman–Crippen LogP) is 6.60. The highest BCUT2D eigenvalue weighted by Gasteiger charge is 2.23. The van der Waals surface area contributed by atoms with Crippen LogP contribution in [0.1, 0.15) is 109 Å². The fourth-order valence-electron chi connectivity index (χ4n) is 5.00. The smallest absolute Gasteiger partial charge is 0.234 e. The third-order valence-electron chi connectivity index (χ3n) is 7.34. The SMILES string of the molecule is CC1=[N+](CCC#N)C=CC1CCCCCCCCCCCCCCn1cc[n+](CCC#N)c1C. The van der Waals surface area contributed by atoms with Crippen LogP contribution in [0.3, 0.4) is 0 Å². The highest BCUT2D eigenvalue weighted by atomic mass is 15.1. The maximum atomic E-state index is 8.76. The number of aromatic nitrogens is 2. The summed E-state index contributed by atoms with van der Waals surface area (Å²) in [7, 11) is 0. The van der Waals surface area contributed by atoms with Crippen molar-refractivity contribution in [2.45, 2.75) is 123 Å². The van der Waals surface area contributed by atoms with Crippen molar-refractivity contribution in [2.24, 2.45) is 5.92 Å². The second kappa shape index (κ2) is 17.1. The predicted molar refractivity (Wildman–Crippen MR) is 138 cm³/mol. The van der Waals surface area contributed by atoms with Crippen molar-refractivity contribution < 1.29 is 9.14 Å². The van der Waals surface area contributed by atoms with Gasteiger partial charge < -0.3 is 0 Å². The summed E-state index contributed by atoms with van der Waals surface area (Å²) >= 11 is 0. The van der Waals surface area contributed by atoms with Crippen LogP contribution in [0.15, 0.2) is 24.7 Å².